The highest BCUT2D eigenvalue weighted by molar-refractivity contribution is 5.88. The van der Waals surface area contributed by atoms with Gasteiger partial charge >= 0.3 is 5.97 Å². The number of fused-ring (bicyclic) bond motifs is 1. The summed E-state index contributed by atoms with van der Waals surface area (Å²) in [5, 5.41) is 23.7. The molecule has 0 bridgehead atoms. The molecule has 1 amide bonds. The third kappa shape index (κ3) is 6.03. The Hall–Kier alpha value is -4.30. The van der Waals surface area contributed by atoms with E-state index >= 15 is 0 Å². The Morgan fingerprint density at radius 2 is 1.78 bits per heavy atom. The Morgan fingerprint density at radius 3 is 2.49 bits per heavy atom. The molecule has 1 aliphatic carbocycles. The molecule has 8 heteroatoms. The zero-order chi connectivity index (χ0) is 31.7. The summed E-state index contributed by atoms with van der Waals surface area (Å²) >= 11 is 0. The van der Waals surface area contributed by atoms with Crippen molar-refractivity contribution in [2.45, 2.75) is 83.7 Å². The van der Waals surface area contributed by atoms with E-state index in [2.05, 4.69) is 48.4 Å². The summed E-state index contributed by atoms with van der Waals surface area (Å²) < 4.78 is 1.65. The van der Waals surface area contributed by atoms with Gasteiger partial charge in [0, 0.05) is 18.7 Å². The summed E-state index contributed by atoms with van der Waals surface area (Å²) in [4.78, 5) is 30.8. The van der Waals surface area contributed by atoms with Crippen LogP contribution in [0.5, 0.6) is 0 Å². The molecule has 0 spiro atoms. The number of carboxylic acids is 1. The van der Waals surface area contributed by atoms with Crippen molar-refractivity contribution >= 4 is 11.9 Å². The largest absolute Gasteiger partial charge is 0.478 e. The predicted octanol–water partition coefficient (Wildman–Crippen LogP) is 6.12. The molecule has 2 aromatic carbocycles. The Labute approximate surface area is 264 Å². The molecule has 0 saturated carbocycles. The molecule has 2 N–H and O–H groups in total. The molecule has 4 aromatic rings. The van der Waals surface area contributed by atoms with Crippen LogP contribution in [0, 0.1) is 0 Å². The van der Waals surface area contributed by atoms with E-state index in [1.807, 2.05) is 25.1 Å². The Bertz CT molecular complexity index is 1720. The lowest BCUT2D eigenvalue weighted by Crippen LogP contribution is -2.42. The van der Waals surface area contributed by atoms with Gasteiger partial charge in [-0.05, 0) is 104 Å². The van der Waals surface area contributed by atoms with Crippen LogP contribution in [0.3, 0.4) is 0 Å². The topological polar surface area (TPSA) is 109 Å². The number of aliphatic hydroxyl groups excluding tert-OH is 1. The van der Waals surface area contributed by atoms with E-state index in [-0.39, 0.29) is 11.5 Å². The first-order chi connectivity index (χ1) is 21.8. The van der Waals surface area contributed by atoms with Crippen LogP contribution < -0.4 is 0 Å². The van der Waals surface area contributed by atoms with E-state index in [9.17, 15) is 19.8 Å². The number of hydrogen-bond acceptors (Lipinski definition) is 5. The maximum Gasteiger partial charge on any atom is 0.339 e. The fraction of sp³-hybridized carbons (Fsp3) is 0.405. The lowest BCUT2D eigenvalue weighted by molar-refractivity contribution is -0.140. The van der Waals surface area contributed by atoms with E-state index in [0.29, 0.717) is 42.9 Å². The maximum absolute atomic E-state index is 12.3. The van der Waals surface area contributed by atoms with E-state index in [0.717, 1.165) is 49.8 Å². The standard InChI is InChI=1S/C37H42N4O4/c1-4-25-20-24(12-15-29(25)26-16-18-40(19-17-26)36(43)23(3)42)21-28-14-13-27-8-6-9-30(35(27)28)32-10-7-11-34(39-32)41-33(5-2)31(22-38-41)37(44)45/h6-12,15,20,22-23,26,28,42H,4-5,13-14,16-19,21H2,1-3H3,(H,44,45)/t23-,28?/m0/s1. The van der Waals surface area contributed by atoms with Crippen molar-refractivity contribution in [2.75, 3.05) is 13.1 Å². The maximum atomic E-state index is 12.3. The number of benzene rings is 2. The molecule has 1 unspecified atom stereocenters. The molecule has 2 aromatic heterocycles. The van der Waals surface area contributed by atoms with Crippen LogP contribution in [0.4, 0.5) is 0 Å². The highest BCUT2D eigenvalue weighted by Crippen LogP contribution is 2.42. The van der Waals surface area contributed by atoms with Crippen molar-refractivity contribution in [2.24, 2.45) is 0 Å². The number of rotatable bonds is 9. The second-order valence-corrected chi connectivity index (χ2v) is 12.4. The number of aliphatic hydroxyl groups is 1. The van der Waals surface area contributed by atoms with E-state index in [1.54, 1.807) is 16.5 Å². The highest BCUT2D eigenvalue weighted by Gasteiger charge is 2.29. The Balaban J connectivity index is 1.24. The number of carbonyl (C=O) groups is 2. The molecule has 6 rings (SSSR count). The van der Waals surface area contributed by atoms with Crippen LogP contribution in [0.2, 0.25) is 0 Å². The lowest BCUT2D eigenvalue weighted by atomic mass is 9.83. The van der Waals surface area contributed by atoms with Gasteiger partial charge in [-0.15, -0.1) is 0 Å². The monoisotopic (exact) mass is 606 g/mol. The number of likely N-dealkylation sites (tertiary alicyclic amines) is 1. The van der Waals surface area contributed by atoms with Crippen LogP contribution in [-0.2, 0) is 30.5 Å². The summed E-state index contributed by atoms with van der Waals surface area (Å²) in [6.45, 7) is 7.08. The summed E-state index contributed by atoms with van der Waals surface area (Å²) in [5.41, 5.74) is 9.71. The van der Waals surface area contributed by atoms with Crippen molar-refractivity contribution in [3.63, 3.8) is 0 Å². The molecular weight excluding hydrogens is 564 g/mol. The molecule has 0 radical (unpaired) electrons. The van der Waals surface area contributed by atoms with Crippen molar-refractivity contribution in [3.05, 3.63) is 99.9 Å². The zero-order valence-corrected chi connectivity index (χ0v) is 26.4. The van der Waals surface area contributed by atoms with Gasteiger partial charge in [0.1, 0.15) is 11.7 Å². The van der Waals surface area contributed by atoms with Gasteiger partial charge in [0.05, 0.1) is 17.6 Å². The number of pyridine rings is 1. The zero-order valence-electron chi connectivity index (χ0n) is 26.4. The first-order valence-corrected chi connectivity index (χ1v) is 16.3. The number of amides is 1. The molecular formula is C37H42N4O4. The van der Waals surface area contributed by atoms with Crippen molar-refractivity contribution in [3.8, 4) is 17.1 Å². The minimum Gasteiger partial charge on any atom is -0.478 e. The number of aryl methyl sites for hydroxylation is 2. The first kappa shape index (κ1) is 30.7. The van der Waals surface area contributed by atoms with Gasteiger partial charge in [-0.1, -0.05) is 56.3 Å². The smallest absolute Gasteiger partial charge is 0.339 e. The van der Waals surface area contributed by atoms with Gasteiger partial charge in [-0.2, -0.15) is 5.10 Å². The molecule has 8 nitrogen and oxygen atoms in total. The van der Waals surface area contributed by atoms with Gasteiger partial charge in [0.25, 0.3) is 5.91 Å². The molecule has 45 heavy (non-hydrogen) atoms. The van der Waals surface area contributed by atoms with Crippen LogP contribution in [0.15, 0.2) is 60.8 Å². The highest BCUT2D eigenvalue weighted by atomic mass is 16.4. The number of carbonyl (C=O) groups excluding carboxylic acids is 1. The molecule has 234 valence electrons. The average molecular weight is 607 g/mol. The fourth-order valence-corrected chi connectivity index (χ4v) is 7.45. The SMILES string of the molecule is CCc1cc(CC2CCc3cccc(-c4cccc(-n5ncc(C(=O)O)c5CC)n4)c32)ccc1C1CCN(C(=O)[C@H](C)O)CC1. The van der Waals surface area contributed by atoms with E-state index < -0.39 is 12.1 Å². The molecule has 1 saturated heterocycles. The van der Waals surface area contributed by atoms with Crippen LogP contribution in [0.25, 0.3) is 17.1 Å². The van der Waals surface area contributed by atoms with Gasteiger partial charge in [-0.3, -0.25) is 4.79 Å². The van der Waals surface area contributed by atoms with Gasteiger partial charge < -0.3 is 15.1 Å². The first-order valence-electron chi connectivity index (χ1n) is 16.3. The van der Waals surface area contributed by atoms with Gasteiger partial charge in [-0.25, -0.2) is 14.5 Å². The van der Waals surface area contributed by atoms with Crippen molar-refractivity contribution in [1.82, 2.24) is 19.7 Å². The molecule has 2 atom stereocenters. The summed E-state index contributed by atoms with van der Waals surface area (Å²) in [6.07, 6.45) is 6.90. The van der Waals surface area contributed by atoms with Gasteiger partial charge in [0.15, 0.2) is 5.82 Å². The third-order valence-electron chi connectivity index (χ3n) is 9.70. The number of carboxylic acid groups (broad SMARTS) is 1. The molecule has 2 aliphatic rings. The number of aromatic nitrogens is 3. The number of piperidine rings is 1. The minimum atomic E-state index is -0.980. The van der Waals surface area contributed by atoms with Gasteiger partial charge in [0.2, 0.25) is 0 Å². The third-order valence-corrected chi connectivity index (χ3v) is 9.70. The normalized spacial score (nSPS) is 17.3. The Morgan fingerprint density at radius 1 is 1.00 bits per heavy atom. The molecule has 1 aliphatic heterocycles. The summed E-state index contributed by atoms with van der Waals surface area (Å²) in [5.74, 6) is 0.275. The quantitative estimate of drug-likeness (QED) is 0.238. The molecule has 3 heterocycles. The molecule has 1 fully saturated rings. The van der Waals surface area contributed by atoms with Crippen molar-refractivity contribution < 1.29 is 19.8 Å². The number of nitrogens with zero attached hydrogens (tertiary/aromatic N) is 4. The second kappa shape index (κ2) is 13.0. The number of hydrogen-bond donors (Lipinski definition) is 2. The van der Waals surface area contributed by atoms with Crippen molar-refractivity contribution in [1.29, 1.82) is 0 Å². The summed E-state index contributed by atoms with van der Waals surface area (Å²) in [7, 11) is 0. The van der Waals surface area contributed by atoms with E-state index in [4.69, 9.17) is 4.98 Å². The van der Waals surface area contributed by atoms with E-state index in [1.165, 1.54) is 34.0 Å². The van der Waals surface area contributed by atoms with Crippen LogP contribution >= 0.6 is 0 Å². The summed E-state index contributed by atoms with van der Waals surface area (Å²) in [6, 6.07) is 19.4. The minimum absolute atomic E-state index is 0.169. The fourth-order valence-electron chi connectivity index (χ4n) is 7.45. The van der Waals surface area contributed by atoms with Crippen LogP contribution in [-0.4, -0.2) is 60.9 Å². The van der Waals surface area contributed by atoms with Crippen LogP contribution in [0.1, 0.15) is 95.7 Å². The lowest BCUT2D eigenvalue weighted by Gasteiger charge is -2.34. The predicted molar refractivity (Wildman–Crippen MR) is 174 cm³/mol. The Kier molecular flexibility index (Phi) is 8.85. The number of aromatic carboxylic acids is 1. The average Bonchev–Trinajstić information content (AvgIpc) is 3.69. The second-order valence-electron chi connectivity index (χ2n) is 12.4.